The van der Waals surface area contributed by atoms with E-state index in [4.69, 9.17) is 0 Å². The van der Waals surface area contributed by atoms with E-state index < -0.39 is 0 Å². The number of piperazine rings is 1. The molecule has 96 valence electrons. The van der Waals surface area contributed by atoms with Crippen molar-refractivity contribution in [1.29, 1.82) is 0 Å². The van der Waals surface area contributed by atoms with Crippen LogP contribution in [0, 0.1) is 6.92 Å². The number of nitrogens with one attached hydrogen (secondary N) is 1. The van der Waals surface area contributed by atoms with Crippen LogP contribution in [0.4, 0.5) is 0 Å². The molecular formula is C12H21BrN4. The Bertz CT molecular complexity index is 411. The summed E-state index contributed by atoms with van der Waals surface area (Å²) in [5.74, 6) is 0. The average Bonchev–Trinajstić information content (AvgIpc) is 2.47. The fourth-order valence-corrected chi connectivity index (χ4v) is 2.81. The maximum absolute atomic E-state index is 4.45. The molecule has 2 rings (SSSR count). The van der Waals surface area contributed by atoms with Gasteiger partial charge in [-0.15, -0.1) is 0 Å². The lowest BCUT2D eigenvalue weighted by atomic mass is 10.00. The summed E-state index contributed by atoms with van der Waals surface area (Å²) >= 11 is 3.64. The molecule has 0 unspecified atom stereocenters. The van der Waals surface area contributed by atoms with Crippen molar-refractivity contribution >= 4 is 15.9 Å². The van der Waals surface area contributed by atoms with E-state index in [2.05, 4.69) is 45.1 Å². The van der Waals surface area contributed by atoms with Crippen molar-refractivity contribution in [2.45, 2.75) is 32.9 Å². The van der Waals surface area contributed by atoms with Crippen molar-refractivity contribution in [3.05, 3.63) is 15.9 Å². The van der Waals surface area contributed by atoms with Gasteiger partial charge in [-0.1, -0.05) is 0 Å². The standard InChI is InChI=1S/C12H21BrN4/c1-9-11(13)10(16(4)15-9)7-17-6-5-14-8-12(17,2)3/h14H,5-8H2,1-4H3. The molecule has 2 heterocycles. The lowest BCUT2D eigenvalue weighted by molar-refractivity contribution is 0.0799. The largest absolute Gasteiger partial charge is 0.314 e. The molecule has 1 saturated heterocycles. The zero-order chi connectivity index (χ0) is 12.6. The third-order valence-corrected chi connectivity index (χ3v) is 4.61. The van der Waals surface area contributed by atoms with Gasteiger partial charge in [0.1, 0.15) is 0 Å². The summed E-state index contributed by atoms with van der Waals surface area (Å²) in [7, 11) is 2.02. The van der Waals surface area contributed by atoms with Crippen molar-refractivity contribution in [2.24, 2.45) is 7.05 Å². The predicted octanol–water partition coefficient (Wildman–Crippen LogP) is 1.67. The van der Waals surface area contributed by atoms with Gasteiger partial charge in [0.2, 0.25) is 0 Å². The normalized spacial score (nSPS) is 20.8. The number of rotatable bonds is 2. The molecule has 1 N–H and O–H groups in total. The van der Waals surface area contributed by atoms with Gasteiger partial charge in [0.05, 0.1) is 15.9 Å². The van der Waals surface area contributed by atoms with Crippen LogP contribution >= 0.6 is 15.9 Å². The molecule has 0 atom stereocenters. The van der Waals surface area contributed by atoms with Gasteiger partial charge >= 0.3 is 0 Å². The molecule has 4 nitrogen and oxygen atoms in total. The summed E-state index contributed by atoms with van der Waals surface area (Å²) in [4.78, 5) is 2.52. The van der Waals surface area contributed by atoms with Gasteiger partial charge in [0.25, 0.3) is 0 Å². The Labute approximate surface area is 111 Å². The van der Waals surface area contributed by atoms with Crippen LogP contribution in [-0.4, -0.2) is 39.9 Å². The molecule has 0 saturated carbocycles. The van der Waals surface area contributed by atoms with Crippen LogP contribution in [0.2, 0.25) is 0 Å². The molecule has 0 amide bonds. The molecule has 0 bridgehead atoms. The molecule has 1 aromatic rings. The third kappa shape index (κ3) is 2.56. The summed E-state index contributed by atoms with van der Waals surface area (Å²) in [6.45, 7) is 10.8. The van der Waals surface area contributed by atoms with E-state index >= 15 is 0 Å². The Hall–Kier alpha value is -0.390. The van der Waals surface area contributed by atoms with Crippen molar-refractivity contribution in [3.63, 3.8) is 0 Å². The Morgan fingerprint density at radius 3 is 2.71 bits per heavy atom. The second-order valence-electron chi connectivity index (χ2n) is 5.38. The fraction of sp³-hybridized carbons (Fsp3) is 0.750. The van der Waals surface area contributed by atoms with Gasteiger partial charge in [-0.3, -0.25) is 9.58 Å². The predicted molar refractivity (Wildman–Crippen MR) is 73.0 cm³/mol. The van der Waals surface area contributed by atoms with Gasteiger partial charge in [0.15, 0.2) is 0 Å². The number of nitrogens with zero attached hydrogens (tertiary/aromatic N) is 3. The molecule has 0 aromatic carbocycles. The van der Waals surface area contributed by atoms with Crippen molar-refractivity contribution in [2.75, 3.05) is 19.6 Å². The Kier molecular flexibility index (Phi) is 3.61. The minimum absolute atomic E-state index is 0.204. The highest BCUT2D eigenvalue weighted by Gasteiger charge is 2.30. The fourth-order valence-electron chi connectivity index (χ4n) is 2.35. The molecule has 1 aromatic heterocycles. The van der Waals surface area contributed by atoms with Gasteiger partial charge < -0.3 is 5.32 Å². The smallest absolute Gasteiger partial charge is 0.0739 e. The molecule has 1 aliphatic rings. The minimum Gasteiger partial charge on any atom is -0.314 e. The number of hydrogen-bond donors (Lipinski definition) is 1. The Balaban J connectivity index is 2.20. The summed E-state index contributed by atoms with van der Waals surface area (Å²) in [6, 6.07) is 0. The van der Waals surface area contributed by atoms with E-state index in [9.17, 15) is 0 Å². The first-order valence-electron chi connectivity index (χ1n) is 6.05. The minimum atomic E-state index is 0.204. The maximum atomic E-state index is 4.45. The first-order valence-corrected chi connectivity index (χ1v) is 6.85. The summed E-state index contributed by atoms with van der Waals surface area (Å²) in [5.41, 5.74) is 2.53. The molecule has 0 aliphatic carbocycles. The highest BCUT2D eigenvalue weighted by atomic mass is 79.9. The lowest BCUT2D eigenvalue weighted by Gasteiger charge is -2.42. The van der Waals surface area contributed by atoms with Crippen LogP contribution in [0.15, 0.2) is 4.47 Å². The summed E-state index contributed by atoms with van der Waals surface area (Å²) < 4.78 is 3.13. The van der Waals surface area contributed by atoms with Crippen LogP contribution in [0.1, 0.15) is 25.2 Å². The molecule has 5 heteroatoms. The van der Waals surface area contributed by atoms with Crippen molar-refractivity contribution < 1.29 is 0 Å². The van der Waals surface area contributed by atoms with E-state index in [1.807, 2.05) is 18.7 Å². The van der Waals surface area contributed by atoms with Crippen molar-refractivity contribution in [3.8, 4) is 0 Å². The molecule has 0 radical (unpaired) electrons. The van der Waals surface area contributed by atoms with E-state index in [1.165, 1.54) is 5.69 Å². The topological polar surface area (TPSA) is 33.1 Å². The monoisotopic (exact) mass is 300 g/mol. The van der Waals surface area contributed by atoms with Crippen LogP contribution in [-0.2, 0) is 13.6 Å². The van der Waals surface area contributed by atoms with E-state index in [1.54, 1.807) is 0 Å². The second kappa shape index (κ2) is 4.71. The molecule has 0 spiro atoms. The zero-order valence-corrected chi connectivity index (χ0v) is 12.6. The highest BCUT2D eigenvalue weighted by molar-refractivity contribution is 9.10. The van der Waals surface area contributed by atoms with Crippen molar-refractivity contribution in [1.82, 2.24) is 20.0 Å². The van der Waals surface area contributed by atoms with Crippen LogP contribution < -0.4 is 5.32 Å². The van der Waals surface area contributed by atoms with E-state index in [0.717, 1.165) is 36.3 Å². The first-order chi connectivity index (χ1) is 7.92. The van der Waals surface area contributed by atoms with Gasteiger partial charge in [-0.25, -0.2) is 0 Å². The molecule has 17 heavy (non-hydrogen) atoms. The Morgan fingerprint density at radius 2 is 2.18 bits per heavy atom. The highest BCUT2D eigenvalue weighted by Crippen LogP contribution is 2.25. The van der Waals surface area contributed by atoms with E-state index in [0.29, 0.717) is 0 Å². The van der Waals surface area contributed by atoms with Crippen LogP contribution in [0.3, 0.4) is 0 Å². The number of hydrogen-bond acceptors (Lipinski definition) is 3. The van der Waals surface area contributed by atoms with Gasteiger partial charge in [-0.2, -0.15) is 5.10 Å². The lowest BCUT2D eigenvalue weighted by Crippen LogP contribution is -2.57. The SMILES string of the molecule is Cc1nn(C)c(CN2CCNCC2(C)C)c1Br. The second-order valence-corrected chi connectivity index (χ2v) is 6.17. The zero-order valence-electron chi connectivity index (χ0n) is 11.0. The first kappa shape index (κ1) is 13.1. The third-order valence-electron chi connectivity index (χ3n) is 3.57. The summed E-state index contributed by atoms with van der Waals surface area (Å²) in [5, 5.41) is 7.90. The van der Waals surface area contributed by atoms with Crippen LogP contribution in [0.5, 0.6) is 0 Å². The molecular weight excluding hydrogens is 280 g/mol. The number of aryl methyl sites for hydroxylation is 2. The van der Waals surface area contributed by atoms with Gasteiger partial charge in [0, 0.05) is 38.8 Å². The molecule has 1 fully saturated rings. The van der Waals surface area contributed by atoms with Gasteiger partial charge in [-0.05, 0) is 36.7 Å². The quantitative estimate of drug-likeness (QED) is 0.902. The maximum Gasteiger partial charge on any atom is 0.0739 e. The number of aromatic nitrogens is 2. The average molecular weight is 301 g/mol. The molecule has 1 aliphatic heterocycles. The van der Waals surface area contributed by atoms with Crippen LogP contribution in [0.25, 0.3) is 0 Å². The van der Waals surface area contributed by atoms with E-state index in [-0.39, 0.29) is 5.54 Å². The Morgan fingerprint density at radius 1 is 1.47 bits per heavy atom. The summed E-state index contributed by atoms with van der Waals surface area (Å²) in [6.07, 6.45) is 0. The number of halogens is 1.